The topological polar surface area (TPSA) is 74.8 Å². The second kappa shape index (κ2) is 7.82. The van der Waals surface area contributed by atoms with Gasteiger partial charge < -0.3 is 19.9 Å². The molecule has 1 atom stereocenters. The predicted molar refractivity (Wildman–Crippen MR) is 94.1 cm³/mol. The molecule has 0 bridgehead atoms. The Hall–Kier alpha value is -2.15. The molecule has 2 aliphatic heterocycles. The maximum atomic E-state index is 12.4. The van der Waals surface area contributed by atoms with E-state index in [-0.39, 0.29) is 23.8 Å². The van der Waals surface area contributed by atoms with Crippen molar-refractivity contribution in [3.63, 3.8) is 0 Å². The third kappa shape index (κ3) is 4.28. The Bertz CT molecular complexity index is 629. The van der Waals surface area contributed by atoms with Crippen molar-refractivity contribution in [2.45, 2.75) is 32.9 Å². The summed E-state index contributed by atoms with van der Waals surface area (Å²) >= 11 is 0. The molecule has 1 N–H and O–H groups in total. The van der Waals surface area contributed by atoms with Crippen LogP contribution in [0.3, 0.4) is 0 Å². The lowest BCUT2D eigenvalue weighted by Gasteiger charge is -2.28. The summed E-state index contributed by atoms with van der Waals surface area (Å²) in [5.74, 6) is 0.669. The fraction of sp³-hybridized carbons (Fsp3) is 0.611. The quantitative estimate of drug-likeness (QED) is 0.853. The van der Waals surface area contributed by atoms with Crippen LogP contribution in [0.2, 0.25) is 0 Å². The van der Waals surface area contributed by atoms with Crippen molar-refractivity contribution >= 4 is 17.6 Å². The molecule has 1 aromatic heterocycles. The first-order valence-corrected chi connectivity index (χ1v) is 8.89. The van der Waals surface area contributed by atoms with Crippen LogP contribution in [0.5, 0.6) is 0 Å². The predicted octanol–water partition coefficient (Wildman–Crippen LogP) is 0.791. The van der Waals surface area contributed by atoms with Gasteiger partial charge >= 0.3 is 0 Å². The van der Waals surface area contributed by atoms with E-state index >= 15 is 0 Å². The summed E-state index contributed by atoms with van der Waals surface area (Å²) in [6.07, 6.45) is 2.07. The van der Waals surface area contributed by atoms with Gasteiger partial charge in [-0.3, -0.25) is 9.59 Å². The highest BCUT2D eigenvalue weighted by Crippen LogP contribution is 2.20. The number of ether oxygens (including phenoxy) is 1. The molecule has 1 aromatic rings. The number of carbonyl (C=O) groups is 2. The van der Waals surface area contributed by atoms with E-state index in [1.165, 1.54) is 0 Å². The van der Waals surface area contributed by atoms with Gasteiger partial charge in [0.1, 0.15) is 5.82 Å². The zero-order valence-corrected chi connectivity index (χ0v) is 14.9. The Morgan fingerprint density at radius 1 is 1.40 bits per heavy atom. The van der Waals surface area contributed by atoms with Crippen LogP contribution in [-0.4, -0.2) is 60.6 Å². The third-order valence-electron chi connectivity index (χ3n) is 4.76. The van der Waals surface area contributed by atoms with Gasteiger partial charge in [0.05, 0.1) is 19.1 Å². The minimum atomic E-state index is -0.254. The lowest BCUT2D eigenvalue weighted by atomic mass is 10.1. The first-order chi connectivity index (χ1) is 12.0. The normalized spacial score (nSPS) is 21.1. The molecule has 2 aliphatic rings. The molecule has 3 heterocycles. The van der Waals surface area contributed by atoms with E-state index in [9.17, 15) is 9.59 Å². The first-order valence-electron chi connectivity index (χ1n) is 8.89. The Kier molecular flexibility index (Phi) is 5.53. The van der Waals surface area contributed by atoms with Crippen LogP contribution in [0, 0.1) is 5.92 Å². The molecule has 0 radical (unpaired) electrons. The molecule has 7 heteroatoms. The number of nitrogens with zero attached hydrogens (tertiary/aromatic N) is 3. The molecule has 2 saturated heterocycles. The van der Waals surface area contributed by atoms with Crippen molar-refractivity contribution in [2.75, 3.05) is 37.7 Å². The molecule has 1 unspecified atom stereocenters. The molecule has 2 amide bonds. The average molecular weight is 346 g/mol. The standard InChI is InChI=1S/C18H26N4O3/c1-13(2)22-12-15(10-17(22)23)18(24)20-11-14-3-4-19-16(9-14)21-5-7-25-8-6-21/h3-4,9,13,15H,5-8,10-12H2,1-2H3,(H,20,24). The van der Waals surface area contributed by atoms with Gasteiger partial charge in [-0.05, 0) is 31.5 Å². The summed E-state index contributed by atoms with van der Waals surface area (Å²) in [6, 6.07) is 4.05. The maximum Gasteiger partial charge on any atom is 0.225 e. The van der Waals surface area contributed by atoms with Gasteiger partial charge in [0.2, 0.25) is 11.8 Å². The summed E-state index contributed by atoms with van der Waals surface area (Å²) < 4.78 is 5.36. The van der Waals surface area contributed by atoms with E-state index in [4.69, 9.17) is 4.74 Å². The highest BCUT2D eigenvalue weighted by atomic mass is 16.5. The van der Waals surface area contributed by atoms with Crippen LogP contribution in [0.15, 0.2) is 18.3 Å². The molecule has 0 aromatic carbocycles. The van der Waals surface area contributed by atoms with Crippen LogP contribution in [0.25, 0.3) is 0 Å². The number of aromatic nitrogens is 1. The van der Waals surface area contributed by atoms with Crippen molar-refractivity contribution in [3.05, 3.63) is 23.9 Å². The fourth-order valence-electron chi connectivity index (χ4n) is 3.28. The Morgan fingerprint density at radius 2 is 2.16 bits per heavy atom. The van der Waals surface area contributed by atoms with Gasteiger partial charge in [-0.1, -0.05) is 0 Å². The monoisotopic (exact) mass is 346 g/mol. The lowest BCUT2D eigenvalue weighted by molar-refractivity contribution is -0.129. The fourth-order valence-corrected chi connectivity index (χ4v) is 3.28. The number of anilines is 1. The number of hydrogen-bond donors (Lipinski definition) is 1. The summed E-state index contributed by atoms with van der Waals surface area (Å²) in [4.78, 5) is 32.7. The van der Waals surface area contributed by atoms with E-state index in [0.29, 0.717) is 32.7 Å². The van der Waals surface area contributed by atoms with Crippen molar-refractivity contribution < 1.29 is 14.3 Å². The number of likely N-dealkylation sites (tertiary alicyclic amines) is 1. The molecule has 0 spiro atoms. The lowest BCUT2D eigenvalue weighted by Crippen LogP contribution is -2.37. The number of hydrogen-bond acceptors (Lipinski definition) is 5. The van der Waals surface area contributed by atoms with Gasteiger partial charge in [0.25, 0.3) is 0 Å². The molecule has 3 rings (SSSR count). The smallest absolute Gasteiger partial charge is 0.225 e. The summed E-state index contributed by atoms with van der Waals surface area (Å²) in [5.41, 5.74) is 1.01. The molecular formula is C18H26N4O3. The number of rotatable bonds is 5. The number of carbonyl (C=O) groups excluding carboxylic acids is 2. The molecule has 2 fully saturated rings. The molecule has 7 nitrogen and oxygen atoms in total. The van der Waals surface area contributed by atoms with Gasteiger partial charge in [-0.2, -0.15) is 0 Å². The molecule has 0 aliphatic carbocycles. The molecular weight excluding hydrogens is 320 g/mol. The Balaban J connectivity index is 1.55. The number of amides is 2. The highest BCUT2D eigenvalue weighted by molar-refractivity contribution is 5.89. The van der Waals surface area contributed by atoms with Crippen molar-refractivity contribution in [1.82, 2.24) is 15.2 Å². The van der Waals surface area contributed by atoms with Gasteiger partial charge in [0.15, 0.2) is 0 Å². The Morgan fingerprint density at radius 3 is 2.84 bits per heavy atom. The van der Waals surface area contributed by atoms with Crippen LogP contribution in [0.4, 0.5) is 5.82 Å². The second-order valence-electron chi connectivity index (χ2n) is 6.88. The van der Waals surface area contributed by atoms with Crippen LogP contribution >= 0.6 is 0 Å². The maximum absolute atomic E-state index is 12.4. The molecule has 25 heavy (non-hydrogen) atoms. The second-order valence-corrected chi connectivity index (χ2v) is 6.88. The average Bonchev–Trinajstić information content (AvgIpc) is 3.03. The van der Waals surface area contributed by atoms with Crippen LogP contribution in [0.1, 0.15) is 25.8 Å². The largest absolute Gasteiger partial charge is 0.378 e. The van der Waals surface area contributed by atoms with Crippen LogP contribution < -0.4 is 10.2 Å². The molecule has 0 saturated carbocycles. The summed E-state index contributed by atoms with van der Waals surface area (Å²) in [5, 5.41) is 2.96. The van der Waals surface area contributed by atoms with E-state index in [1.807, 2.05) is 26.0 Å². The molecule has 136 valence electrons. The minimum Gasteiger partial charge on any atom is -0.378 e. The minimum absolute atomic E-state index is 0.0544. The van der Waals surface area contributed by atoms with E-state index in [1.54, 1.807) is 11.1 Å². The zero-order chi connectivity index (χ0) is 17.8. The summed E-state index contributed by atoms with van der Waals surface area (Å²) in [6.45, 7) is 8.00. The number of pyridine rings is 1. The third-order valence-corrected chi connectivity index (χ3v) is 4.76. The van der Waals surface area contributed by atoms with Crippen molar-refractivity contribution in [2.24, 2.45) is 5.92 Å². The van der Waals surface area contributed by atoms with E-state index < -0.39 is 0 Å². The first kappa shape index (κ1) is 17.7. The van der Waals surface area contributed by atoms with Crippen LogP contribution in [-0.2, 0) is 20.9 Å². The van der Waals surface area contributed by atoms with Crippen molar-refractivity contribution in [3.8, 4) is 0 Å². The SMILES string of the molecule is CC(C)N1CC(C(=O)NCc2ccnc(N3CCOCC3)c2)CC1=O. The van der Waals surface area contributed by atoms with E-state index in [0.717, 1.165) is 24.5 Å². The van der Waals surface area contributed by atoms with Gasteiger partial charge in [0, 0.05) is 44.8 Å². The summed E-state index contributed by atoms with van der Waals surface area (Å²) in [7, 11) is 0. The number of morpholine rings is 1. The Labute approximate surface area is 148 Å². The van der Waals surface area contributed by atoms with Crippen molar-refractivity contribution in [1.29, 1.82) is 0 Å². The van der Waals surface area contributed by atoms with Gasteiger partial charge in [-0.15, -0.1) is 0 Å². The van der Waals surface area contributed by atoms with E-state index in [2.05, 4.69) is 15.2 Å². The highest BCUT2D eigenvalue weighted by Gasteiger charge is 2.35. The zero-order valence-electron chi connectivity index (χ0n) is 14.9. The van der Waals surface area contributed by atoms with Gasteiger partial charge in [-0.25, -0.2) is 4.98 Å². The number of nitrogens with one attached hydrogen (secondary N) is 1.